The summed E-state index contributed by atoms with van der Waals surface area (Å²) in [5.74, 6) is -0.904. The molecule has 1 amide bonds. The summed E-state index contributed by atoms with van der Waals surface area (Å²) in [7, 11) is 0. The zero-order valence-corrected chi connectivity index (χ0v) is 10.7. The van der Waals surface area contributed by atoms with Crippen molar-refractivity contribution in [3.05, 3.63) is 34.6 Å². The molecule has 18 heavy (non-hydrogen) atoms. The molecule has 1 aliphatic rings. The number of rotatable bonds is 4. The van der Waals surface area contributed by atoms with Crippen LogP contribution in [-0.4, -0.2) is 35.1 Å². The van der Waals surface area contributed by atoms with E-state index in [1.54, 1.807) is 4.90 Å². The Morgan fingerprint density at radius 1 is 1.50 bits per heavy atom. The van der Waals surface area contributed by atoms with Gasteiger partial charge in [0, 0.05) is 12.6 Å². The third-order valence-electron chi connectivity index (χ3n) is 3.30. The van der Waals surface area contributed by atoms with Gasteiger partial charge in [-0.15, -0.1) is 0 Å². The average molecular weight is 272 g/mol. The molecule has 0 bridgehead atoms. The van der Waals surface area contributed by atoms with Crippen molar-refractivity contribution in [2.75, 3.05) is 13.2 Å². The summed E-state index contributed by atoms with van der Waals surface area (Å²) in [6.07, 6.45) is 2.94. The van der Waals surface area contributed by atoms with Gasteiger partial charge in [-0.2, -0.15) is 0 Å². The summed E-state index contributed by atoms with van der Waals surface area (Å²) >= 11 is 5.81. The fraction of sp³-hybridized carbons (Fsp3) is 0.462. The molecule has 0 aromatic heterocycles. The highest BCUT2D eigenvalue weighted by molar-refractivity contribution is 6.34. The lowest BCUT2D eigenvalue weighted by Crippen LogP contribution is -2.45. The average Bonchev–Trinajstić information content (AvgIpc) is 2.29. The van der Waals surface area contributed by atoms with Gasteiger partial charge in [-0.3, -0.25) is 4.79 Å². The molecule has 1 aromatic rings. The van der Waals surface area contributed by atoms with E-state index >= 15 is 0 Å². The Bertz CT molecular complexity index is 449. The van der Waals surface area contributed by atoms with E-state index in [1.165, 1.54) is 18.2 Å². The van der Waals surface area contributed by atoms with E-state index in [1.807, 2.05) is 0 Å². The minimum Gasteiger partial charge on any atom is -0.395 e. The first-order valence-electron chi connectivity index (χ1n) is 6.01. The Morgan fingerprint density at radius 3 is 2.78 bits per heavy atom. The molecule has 98 valence electrons. The third kappa shape index (κ3) is 2.49. The highest BCUT2D eigenvalue weighted by Gasteiger charge is 2.30. The molecule has 1 saturated carbocycles. The van der Waals surface area contributed by atoms with Crippen molar-refractivity contribution in [1.82, 2.24) is 4.90 Å². The Kier molecular flexibility index (Phi) is 4.19. The van der Waals surface area contributed by atoms with Gasteiger partial charge in [0.15, 0.2) is 0 Å². The lowest BCUT2D eigenvalue weighted by molar-refractivity contribution is 0.0525. The number of hydrogen-bond acceptors (Lipinski definition) is 2. The molecular weight excluding hydrogens is 257 g/mol. The van der Waals surface area contributed by atoms with Gasteiger partial charge in [0.05, 0.1) is 17.2 Å². The van der Waals surface area contributed by atoms with E-state index in [-0.39, 0.29) is 35.7 Å². The van der Waals surface area contributed by atoms with Gasteiger partial charge in [0.1, 0.15) is 5.82 Å². The number of nitrogens with zero attached hydrogens (tertiary/aromatic N) is 1. The SMILES string of the molecule is O=C(c1cccc(F)c1Cl)N(CCO)C1CCC1. The van der Waals surface area contributed by atoms with E-state index in [9.17, 15) is 9.18 Å². The summed E-state index contributed by atoms with van der Waals surface area (Å²) in [4.78, 5) is 13.9. The highest BCUT2D eigenvalue weighted by atomic mass is 35.5. The lowest BCUT2D eigenvalue weighted by Gasteiger charge is -2.37. The number of benzene rings is 1. The van der Waals surface area contributed by atoms with Crippen molar-refractivity contribution in [1.29, 1.82) is 0 Å². The number of carbonyl (C=O) groups excluding carboxylic acids is 1. The van der Waals surface area contributed by atoms with Crippen molar-refractivity contribution < 1.29 is 14.3 Å². The first-order valence-corrected chi connectivity index (χ1v) is 6.38. The number of halogens is 2. The second-order valence-electron chi connectivity index (χ2n) is 4.41. The first kappa shape index (κ1) is 13.3. The Balaban J connectivity index is 2.24. The summed E-state index contributed by atoms with van der Waals surface area (Å²) in [5, 5.41) is 8.88. The number of aliphatic hydroxyl groups excluding tert-OH is 1. The van der Waals surface area contributed by atoms with E-state index in [0.29, 0.717) is 0 Å². The third-order valence-corrected chi connectivity index (χ3v) is 3.68. The molecule has 0 unspecified atom stereocenters. The standard InChI is InChI=1S/C13H15ClFNO2/c14-12-10(5-2-6-11(12)15)13(18)16(7-8-17)9-3-1-4-9/h2,5-6,9,17H,1,3-4,7-8H2. The van der Waals surface area contributed by atoms with Crippen molar-refractivity contribution in [2.45, 2.75) is 25.3 Å². The van der Waals surface area contributed by atoms with Gasteiger partial charge in [-0.05, 0) is 31.4 Å². The molecule has 1 aromatic carbocycles. The van der Waals surface area contributed by atoms with E-state index < -0.39 is 5.82 Å². The molecule has 0 spiro atoms. The zero-order valence-electron chi connectivity index (χ0n) is 9.90. The van der Waals surface area contributed by atoms with Crippen molar-refractivity contribution in [2.24, 2.45) is 0 Å². The van der Waals surface area contributed by atoms with Crippen LogP contribution >= 0.6 is 11.6 Å². The molecule has 0 radical (unpaired) electrons. The van der Waals surface area contributed by atoms with Gasteiger partial charge in [-0.25, -0.2) is 4.39 Å². The predicted octanol–water partition coefficient (Wildman–Crippen LogP) is 2.47. The Morgan fingerprint density at radius 2 is 2.22 bits per heavy atom. The van der Waals surface area contributed by atoms with Crippen LogP contribution in [0.15, 0.2) is 18.2 Å². The first-order chi connectivity index (χ1) is 8.65. The van der Waals surface area contributed by atoms with Gasteiger partial charge < -0.3 is 10.0 Å². The number of amides is 1. The summed E-state index contributed by atoms with van der Waals surface area (Å²) in [6, 6.07) is 4.34. The van der Waals surface area contributed by atoms with E-state index in [2.05, 4.69) is 0 Å². The van der Waals surface area contributed by atoms with Crippen LogP contribution in [0, 0.1) is 5.82 Å². The van der Waals surface area contributed by atoms with Crippen LogP contribution in [0.1, 0.15) is 29.6 Å². The molecule has 0 aliphatic heterocycles. The van der Waals surface area contributed by atoms with Gasteiger partial charge in [0.2, 0.25) is 0 Å². The minimum atomic E-state index is -0.597. The van der Waals surface area contributed by atoms with Gasteiger partial charge in [-0.1, -0.05) is 17.7 Å². The maximum absolute atomic E-state index is 13.3. The van der Waals surface area contributed by atoms with Crippen LogP contribution in [0.3, 0.4) is 0 Å². The Hall–Kier alpha value is -1.13. The highest BCUT2D eigenvalue weighted by Crippen LogP contribution is 2.28. The fourth-order valence-electron chi connectivity index (χ4n) is 2.08. The fourth-order valence-corrected chi connectivity index (χ4v) is 2.29. The summed E-state index contributed by atoms with van der Waals surface area (Å²) < 4.78 is 13.3. The van der Waals surface area contributed by atoms with Crippen molar-refractivity contribution in [3.63, 3.8) is 0 Å². The molecule has 0 heterocycles. The normalized spacial score (nSPS) is 15.3. The second kappa shape index (κ2) is 5.67. The summed E-state index contributed by atoms with van der Waals surface area (Å²) in [5.41, 5.74) is 0.164. The smallest absolute Gasteiger partial charge is 0.255 e. The lowest BCUT2D eigenvalue weighted by atomic mass is 9.91. The molecule has 5 heteroatoms. The van der Waals surface area contributed by atoms with Crippen LogP contribution in [0.5, 0.6) is 0 Å². The second-order valence-corrected chi connectivity index (χ2v) is 4.79. The van der Waals surface area contributed by atoms with Crippen LogP contribution in [0.4, 0.5) is 4.39 Å². The zero-order chi connectivity index (χ0) is 13.1. The van der Waals surface area contributed by atoms with Crippen molar-refractivity contribution in [3.8, 4) is 0 Å². The topological polar surface area (TPSA) is 40.5 Å². The Labute approximate surface area is 110 Å². The van der Waals surface area contributed by atoms with Crippen LogP contribution in [0.25, 0.3) is 0 Å². The summed E-state index contributed by atoms with van der Waals surface area (Å²) in [6.45, 7) is 0.158. The number of hydrogen-bond donors (Lipinski definition) is 1. The van der Waals surface area contributed by atoms with Crippen LogP contribution in [0.2, 0.25) is 5.02 Å². The quantitative estimate of drug-likeness (QED) is 0.914. The molecular formula is C13H15ClFNO2. The monoisotopic (exact) mass is 271 g/mol. The molecule has 0 saturated heterocycles. The molecule has 0 atom stereocenters. The number of carbonyl (C=O) groups is 1. The minimum absolute atomic E-state index is 0.102. The van der Waals surface area contributed by atoms with E-state index in [4.69, 9.17) is 16.7 Å². The van der Waals surface area contributed by atoms with Crippen LogP contribution < -0.4 is 0 Å². The maximum atomic E-state index is 13.3. The largest absolute Gasteiger partial charge is 0.395 e. The molecule has 2 rings (SSSR count). The van der Waals surface area contributed by atoms with Crippen LogP contribution in [-0.2, 0) is 0 Å². The van der Waals surface area contributed by atoms with Crippen molar-refractivity contribution >= 4 is 17.5 Å². The van der Waals surface area contributed by atoms with Gasteiger partial charge in [0.25, 0.3) is 5.91 Å². The molecule has 3 nitrogen and oxygen atoms in total. The molecule has 1 N–H and O–H groups in total. The molecule has 1 fully saturated rings. The number of aliphatic hydroxyl groups is 1. The predicted molar refractivity (Wildman–Crippen MR) is 67.2 cm³/mol. The maximum Gasteiger partial charge on any atom is 0.255 e. The molecule has 1 aliphatic carbocycles. The van der Waals surface area contributed by atoms with Gasteiger partial charge >= 0.3 is 0 Å². The van der Waals surface area contributed by atoms with E-state index in [0.717, 1.165) is 19.3 Å².